The fraction of sp³-hybridized carbons (Fsp3) is 0.368. The van der Waals surface area contributed by atoms with Crippen LogP contribution in [-0.4, -0.2) is 35.3 Å². The van der Waals surface area contributed by atoms with Crippen molar-refractivity contribution in [3.63, 3.8) is 0 Å². The van der Waals surface area contributed by atoms with Gasteiger partial charge in [-0.05, 0) is 24.6 Å². The van der Waals surface area contributed by atoms with E-state index in [1.54, 1.807) is 14.2 Å². The highest BCUT2D eigenvalue weighted by molar-refractivity contribution is 7.14. The van der Waals surface area contributed by atoms with Crippen molar-refractivity contribution in [2.75, 3.05) is 19.5 Å². The Morgan fingerprint density at radius 2 is 2.04 bits per heavy atom. The molecular weight excluding hydrogens is 380 g/mol. The second kappa shape index (κ2) is 9.32. The summed E-state index contributed by atoms with van der Waals surface area (Å²) in [7, 11) is 3.18. The number of ether oxygens (including phenoxy) is 2. The summed E-state index contributed by atoms with van der Waals surface area (Å²) in [5.41, 5.74) is 1.65. The van der Waals surface area contributed by atoms with Gasteiger partial charge in [-0.3, -0.25) is 4.79 Å². The minimum Gasteiger partial charge on any atom is -0.493 e. The topological polar surface area (TPSA) is 99.4 Å². The van der Waals surface area contributed by atoms with Gasteiger partial charge in [-0.2, -0.15) is 4.98 Å². The second-order valence-corrected chi connectivity index (χ2v) is 6.83. The fourth-order valence-electron chi connectivity index (χ4n) is 2.58. The van der Waals surface area contributed by atoms with Crippen LogP contribution in [0.3, 0.4) is 0 Å². The molecule has 1 amide bonds. The number of nitrogens with one attached hydrogen (secondary N) is 1. The molecule has 0 fully saturated rings. The van der Waals surface area contributed by atoms with E-state index in [0.717, 1.165) is 17.7 Å². The van der Waals surface area contributed by atoms with E-state index in [4.69, 9.17) is 14.0 Å². The number of aromatic nitrogens is 3. The standard InChI is InChI=1S/C19H22N4O4S/c1-4-16-21-18(27-23-16)7-5-6-17(24)22-19-20-13(11-28-19)12-8-9-14(25-2)15(10-12)26-3/h8-11H,4-7H2,1-3H3,(H,20,22,24). The molecule has 9 heteroatoms. The first-order valence-electron chi connectivity index (χ1n) is 8.92. The van der Waals surface area contributed by atoms with Gasteiger partial charge in [-0.15, -0.1) is 11.3 Å². The number of carbonyl (C=O) groups is 1. The summed E-state index contributed by atoms with van der Waals surface area (Å²) in [6.45, 7) is 1.96. The maximum atomic E-state index is 12.1. The number of nitrogens with zero attached hydrogens (tertiary/aromatic N) is 3. The Hall–Kier alpha value is -2.94. The highest BCUT2D eigenvalue weighted by Crippen LogP contribution is 2.33. The van der Waals surface area contributed by atoms with Crippen molar-refractivity contribution in [2.45, 2.75) is 32.6 Å². The molecule has 8 nitrogen and oxygen atoms in total. The third-order valence-electron chi connectivity index (χ3n) is 4.05. The van der Waals surface area contributed by atoms with E-state index in [1.165, 1.54) is 11.3 Å². The number of anilines is 1. The first kappa shape index (κ1) is 19.8. The molecule has 2 heterocycles. The lowest BCUT2D eigenvalue weighted by molar-refractivity contribution is -0.116. The number of benzene rings is 1. The van der Waals surface area contributed by atoms with Gasteiger partial charge < -0.3 is 19.3 Å². The molecule has 0 atom stereocenters. The lowest BCUT2D eigenvalue weighted by atomic mass is 10.1. The Bertz CT molecular complexity index is 938. The van der Waals surface area contributed by atoms with Gasteiger partial charge in [-0.1, -0.05) is 12.1 Å². The first-order valence-corrected chi connectivity index (χ1v) is 9.80. The molecule has 0 saturated carbocycles. The average molecular weight is 402 g/mol. The number of thiazole rings is 1. The molecular formula is C19H22N4O4S. The van der Waals surface area contributed by atoms with Crippen molar-refractivity contribution >= 4 is 22.4 Å². The van der Waals surface area contributed by atoms with Gasteiger partial charge in [0.25, 0.3) is 0 Å². The minimum absolute atomic E-state index is 0.0940. The number of aryl methyl sites for hydroxylation is 2. The number of rotatable bonds is 9. The van der Waals surface area contributed by atoms with Crippen LogP contribution in [0.1, 0.15) is 31.5 Å². The Balaban J connectivity index is 1.54. The molecule has 0 radical (unpaired) electrons. The van der Waals surface area contributed by atoms with Gasteiger partial charge in [0.1, 0.15) is 0 Å². The zero-order valence-electron chi connectivity index (χ0n) is 16.0. The summed E-state index contributed by atoms with van der Waals surface area (Å²) in [4.78, 5) is 20.9. The number of methoxy groups -OCH3 is 2. The largest absolute Gasteiger partial charge is 0.493 e. The van der Waals surface area contributed by atoms with Crippen molar-refractivity contribution in [3.8, 4) is 22.8 Å². The van der Waals surface area contributed by atoms with Crippen LogP contribution >= 0.6 is 11.3 Å². The smallest absolute Gasteiger partial charge is 0.226 e. The van der Waals surface area contributed by atoms with E-state index in [-0.39, 0.29) is 5.91 Å². The summed E-state index contributed by atoms with van der Waals surface area (Å²) in [5.74, 6) is 2.44. The van der Waals surface area contributed by atoms with Crippen LogP contribution in [-0.2, 0) is 17.6 Å². The molecule has 0 unspecified atom stereocenters. The number of hydrogen-bond acceptors (Lipinski definition) is 8. The summed E-state index contributed by atoms with van der Waals surface area (Å²) in [5, 5.41) is 9.12. The minimum atomic E-state index is -0.0940. The Labute approximate surface area is 166 Å². The van der Waals surface area contributed by atoms with Gasteiger partial charge >= 0.3 is 0 Å². The monoisotopic (exact) mass is 402 g/mol. The van der Waals surface area contributed by atoms with Gasteiger partial charge in [0.2, 0.25) is 11.8 Å². The molecule has 0 aliphatic rings. The van der Waals surface area contributed by atoms with Crippen LogP contribution in [0.5, 0.6) is 11.5 Å². The van der Waals surface area contributed by atoms with Crippen LogP contribution in [0.15, 0.2) is 28.1 Å². The molecule has 0 aliphatic heterocycles. The lowest BCUT2D eigenvalue weighted by Gasteiger charge is -2.08. The van der Waals surface area contributed by atoms with E-state index in [1.807, 2.05) is 30.5 Å². The second-order valence-electron chi connectivity index (χ2n) is 5.97. The molecule has 1 aromatic carbocycles. The third kappa shape index (κ3) is 4.86. The van der Waals surface area contributed by atoms with Gasteiger partial charge in [-0.25, -0.2) is 4.98 Å². The summed E-state index contributed by atoms with van der Waals surface area (Å²) < 4.78 is 15.7. The van der Waals surface area contributed by atoms with Crippen molar-refractivity contribution in [1.82, 2.24) is 15.1 Å². The quantitative estimate of drug-likeness (QED) is 0.582. The van der Waals surface area contributed by atoms with Crippen LogP contribution in [0.4, 0.5) is 5.13 Å². The average Bonchev–Trinajstić information content (AvgIpc) is 3.37. The molecule has 2 aromatic heterocycles. The maximum absolute atomic E-state index is 12.1. The van der Waals surface area contributed by atoms with E-state index in [9.17, 15) is 4.79 Å². The molecule has 3 aromatic rings. The number of amides is 1. The maximum Gasteiger partial charge on any atom is 0.226 e. The summed E-state index contributed by atoms with van der Waals surface area (Å²) in [6, 6.07) is 5.58. The highest BCUT2D eigenvalue weighted by Gasteiger charge is 2.12. The molecule has 1 N–H and O–H groups in total. The van der Waals surface area contributed by atoms with Crippen molar-refractivity contribution in [3.05, 3.63) is 35.3 Å². The molecule has 148 valence electrons. The van der Waals surface area contributed by atoms with Crippen molar-refractivity contribution in [2.24, 2.45) is 0 Å². The van der Waals surface area contributed by atoms with Crippen LogP contribution in [0.25, 0.3) is 11.3 Å². The van der Waals surface area contributed by atoms with Crippen molar-refractivity contribution in [1.29, 1.82) is 0 Å². The summed E-state index contributed by atoms with van der Waals surface area (Å²) in [6.07, 6.45) is 2.30. The van der Waals surface area contributed by atoms with E-state index >= 15 is 0 Å². The SMILES string of the molecule is CCc1noc(CCCC(=O)Nc2nc(-c3ccc(OC)c(OC)c3)cs2)n1. The van der Waals surface area contributed by atoms with E-state index in [2.05, 4.69) is 20.4 Å². The van der Waals surface area contributed by atoms with Crippen LogP contribution in [0, 0.1) is 0 Å². The summed E-state index contributed by atoms with van der Waals surface area (Å²) >= 11 is 1.38. The Kier molecular flexibility index (Phi) is 6.59. The Morgan fingerprint density at radius 3 is 2.75 bits per heavy atom. The molecule has 0 bridgehead atoms. The predicted octanol–water partition coefficient (Wildman–Crippen LogP) is 3.73. The Morgan fingerprint density at radius 1 is 1.21 bits per heavy atom. The number of carbonyl (C=O) groups excluding carboxylic acids is 1. The fourth-order valence-corrected chi connectivity index (χ4v) is 3.31. The third-order valence-corrected chi connectivity index (χ3v) is 4.81. The van der Waals surface area contributed by atoms with E-state index < -0.39 is 0 Å². The predicted molar refractivity (Wildman–Crippen MR) is 106 cm³/mol. The zero-order chi connectivity index (χ0) is 19.9. The first-order chi connectivity index (χ1) is 13.6. The van der Waals surface area contributed by atoms with E-state index in [0.29, 0.717) is 47.6 Å². The normalized spacial score (nSPS) is 10.7. The van der Waals surface area contributed by atoms with Crippen molar-refractivity contribution < 1.29 is 18.8 Å². The van der Waals surface area contributed by atoms with Gasteiger partial charge in [0, 0.05) is 30.2 Å². The number of hydrogen-bond donors (Lipinski definition) is 1. The molecule has 0 saturated heterocycles. The van der Waals surface area contributed by atoms with Crippen LogP contribution in [0.2, 0.25) is 0 Å². The zero-order valence-corrected chi connectivity index (χ0v) is 16.8. The lowest BCUT2D eigenvalue weighted by Crippen LogP contribution is -2.11. The van der Waals surface area contributed by atoms with Gasteiger partial charge in [0.05, 0.1) is 19.9 Å². The van der Waals surface area contributed by atoms with Crippen LogP contribution < -0.4 is 14.8 Å². The molecule has 0 aliphatic carbocycles. The van der Waals surface area contributed by atoms with Gasteiger partial charge in [0.15, 0.2) is 22.5 Å². The molecule has 0 spiro atoms. The highest BCUT2D eigenvalue weighted by atomic mass is 32.1. The molecule has 3 rings (SSSR count). The molecule has 28 heavy (non-hydrogen) atoms.